The van der Waals surface area contributed by atoms with Crippen LogP contribution in [-0.2, 0) is 25.0 Å². The molecule has 8 heteroatoms. The van der Waals surface area contributed by atoms with Crippen LogP contribution < -0.4 is 10.1 Å². The van der Waals surface area contributed by atoms with Gasteiger partial charge in [0.1, 0.15) is 17.9 Å². The molecule has 1 aromatic carbocycles. The van der Waals surface area contributed by atoms with E-state index in [1.54, 1.807) is 18.6 Å². The number of nitrogens with one attached hydrogen (secondary N) is 1. The van der Waals surface area contributed by atoms with E-state index in [4.69, 9.17) is 21.3 Å². The van der Waals surface area contributed by atoms with Gasteiger partial charge in [0.2, 0.25) is 5.91 Å². The van der Waals surface area contributed by atoms with Gasteiger partial charge in [-0.2, -0.15) is 5.10 Å². The van der Waals surface area contributed by atoms with Crippen molar-refractivity contribution in [1.82, 2.24) is 25.1 Å². The van der Waals surface area contributed by atoms with Crippen LogP contribution in [0.25, 0.3) is 22.2 Å². The maximum atomic E-state index is 12.2. The second-order valence-electron chi connectivity index (χ2n) is 8.38. The van der Waals surface area contributed by atoms with Crippen LogP contribution in [0.3, 0.4) is 0 Å². The Morgan fingerprint density at radius 1 is 1.26 bits per heavy atom. The molecule has 0 aliphatic carbocycles. The first kappa shape index (κ1) is 23.7. The highest BCUT2D eigenvalue weighted by Gasteiger charge is 2.16. The van der Waals surface area contributed by atoms with E-state index >= 15 is 0 Å². The third kappa shape index (κ3) is 4.89. The summed E-state index contributed by atoms with van der Waals surface area (Å²) in [6.45, 7) is 6.43. The number of nitrogens with zero attached hydrogens (tertiary/aromatic N) is 4. The SMILES string of the molecule is CC[C@H](C)C(=O)NCc1cncc(Cl)c1COc1cccc2c(-c3ccnn3C)cc(C)nc12. The molecule has 0 unspecified atom stereocenters. The van der Waals surface area contributed by atoms with Crippen molar-refractivity contribution in [3.05, 3.63) is 70.8 Å². The summed E-state index contributed by atoms with van der Waals surface area (Å²) in [5.41, 5.74) is 5.32. The number of carbonyl (C=O) groups excluding carboxylic acids is 1. The van der Waals surface area contributed by atoms with E-state index in [-0.39, 0.29) is 18.4 Å². The highest BCUT2D eigenvalue weighted by Crippen LogP contribution is 2.33. The predicted molar refractivity (Wildman–Crippen MR) is 134 cm³/mol. The predicted octanol–water partition coefficient (Wildman–Crippen LogP) is 5.23. The summed E-state index contributed by atoms with van der Waals surface area (Å²) in [5.74, 6) is 0.614. The van der Waals surface area contributed by atoms with Crippen LogP contribution in [-0.4, -0.2) is 25.7 Å². The van der Waals surface area contributed by atoms with E-state index in [0.29, 0.717) is 17.3 Å². The van der Waals surface area contributed by atoms with E-state index in [0.717, 1.165) is 45.4 Å². The molecule has 0 bridgehead atoms. The molecule has 1 atom stereocenters. The summed E-state index contributed by atoms with van der Waals surface area (Å²) in [4.78, 5) is 21.2. The van der Waals surface area contributed by atoms with Gasteiger partial charge in [0, 0.05) is 60.3 Å². The van der Waals surface area contributed by atoms with Gasteiger partial charge in [-0.1, -0.05) is 37.6 Å². The Morgan fingerprint density at radius 3 is 2.82 bits per heavy atom. The van der Waals surface area contributed by atoms with Gasteiger partial charge in [0.05, 0.1) is 10.7 Å². The number of aromatic nitrogens is 4. The summed E-state index contributed by atoms with van der Waals surface area (Å²) >= 11 is 6.47. The third-order valence-corrected chi connectivity index (χ3v) is 6.33. The van der Waals surface area contributed by atoms with E-state index in [1.165, 1.54) is 0 Å². The monoisotopic (exact) mass is 477 g/mol. The molecule has 3 heterocycles. The summed E-state index contributed by atoms with van der Waals surface area (Å²) < 4.78 is 8.10. The summed E-state index contributed by atoms with van der Waals surface area (Å²) in [5, 5.41) is 8.75. The Hall–Kier alpha value is -3.45. The van der Waals surface area contributed by atoms with Crippen LogP contribution in [0.4, 0.5) is 0 Å². The van der Waals surface area contributed by atoms with Crippen LogP contribution in [0.1, 0.15) is 37.1 Å². The third-order valence-electron chi connectivity index (χ3n) is 6.01. The molecule has 0 aliphatic heterocycles. The Kier molecular flexibility index (Phi) is 7.12. The lowest BCUT2D eigenvalue weighted by Gasteiger charge is -2.16. The molecule has 0 aliphatic rings. The van der Waals surface area contributed by atoms with Crippen molar-refractivity contribution in [2.75, 3.05) is 0 Å². The standard InChI is InChI=1S/C26H28ClN5O2/c1-5-16(2)26(33)29-13-18-12-28-14-22(27)21(18)15-34-24-8-6-7-19-20(11-17(3)31-25(19)24)23-9-10-30-32(23)4/h6-12,14,16H,5,13,15H2,1-4H3,(H,29,33)/t16-/m0/s1. The molecule has 4 aromatic rings. The molecule has 176 valence electrons. The number of pyridine rings is 2. The van der Waals surface area contributed by atoms with Crippen molar-refractivity contribution in [1.29, 1.82) is 0 Å². The lowest BCUT2D eigenvalue weighted by molar-refractivity contribution is -0.124. The van der Waals surface area contributed by atoms with Crippen molar-refractivity contribution >= 4 is 28.4 Å². The quantitative estimate of drug-likeness (QED) is 0.375. The Labute approximate surface area is 204 Å². The Balaban J connectivity index is 1.63. The van der Waals surface area contributed by atoms with Crippen LogP contribution in [0.2, 0.25) is 5.02 Å². The lowest BCUT2D eigenvalue weighted by atomic mass is 10.0. The summed E-state index contributed by atoms with van der Waals surface area (Å²) in [7, 11) is 1.92. The first-order valence-electron chi connectivity index (χ1n) is 11.3. The zero-order valence-corrected chi connectivity index (χ0v) is 20.6. The highest BCUT2D eigenvalue weighted by atomic mass is 35.5. The zero-order chi connectivity index (χ0) is 24.2. The van der Waals surface area contributed by atoms with Gasteiger partial charge in [-0.3, -0.25) is 14.5 Å². The van der Waals surface area contributed by atoms with E-state index in [2.05, 4.69) is 21.5 Å². The van der Waals surface area contributed by atoms with Crippen molar-refractivity contribution in [3.63, 3.8) is 0 Å². The van der Waals surface area contributed by atoms with Crippen LogP contribution >= 0.6 is 11.6 Å². The number of amides is 1. The smallest absolute Gasteiger partial charge is 0.223 e. The van der Waals surface area contributed by atoms with Crippen molar-refractivity contribution in [2.24, 2.45) is 13.0 Å². The van der Waals surface area contributed by atoms with Gasteiger partial charge in [-0.15, -0.1) is 0 Å². The van der Waals surface area contributed by atoms with E-state index in [9.17, 15) is 4.79 Å². The summed E-state index contributed by atoms with van der Waals surface area (Å²) in [6, 6.07) is 9.93. The number of hydrogen-bond donors (Lipinski definition) is 1. The molecule has 4 rings (SSSR count). The molecule has 34 heavy (non-hydrogen) atoms. The molecule has 0 radical (unpaired) electrons. The van der Waals surface area contributed by atoms with Crippen molar-refractivity contribution < 1.29 is 9.53 Å². The van der Waals surface area contributed by atoms with Gasteiger partial charge in [0.25, 0.3) is 0 Å². The fraction of sp³-hybridized carbons (Fsp3) is 0.308. The fourth-order valence-electron chi connectivity index (χ4n) is 3.82. The number of ether oxygens (including phenoxy) is 1. The minimum Gasteiger partial charge on any atom is -0.487 e. The number of halogens is 1. The van der Waals surface area contributed by atoms with E-state index in [1.807, 2.05) is 56.8 Å². The average molecular weight is 478 g/mol. The molecule has 0 spiro atoms. The van der Waals surface area contributed by atoms with Gasteiger partial charge in [-0.25, -0.2) is 4.98 Å². The number of hydrogen-bond acceptors (Lipinski definition) is 5. The number of para-hydroxylation sites is 1. The van der Waals surface area contributed by atoms with Gasteiger partial charge in [-0.05, 0) is 37.1 Å². The molecule has 7 nitrogen and oxygen atoms in total. The molecule has 0 fully saturated rings. The number of rotatable bonds is 8. The summed E-state index contributed by atoms with van der Waals surface area (Å²) in [6.07, 6.45) is 5.87. The normalized spacial score (nSPS) is 12.0. The van der Waals surface area contributed by atoms with Crippen LogP contribution in [0.15, 0.2) is 48.9 Å². The molecule has 3 aromatic heterocycles. The molecule has 1 amide bonds. The van der Waals surface area contributed by atoms with Crippen molar-refractivity contribution in [3.8, 4) is 17.0 Å². The topological polar surface area (TPSA) is 81.9 Å². The Bertz CT molecular complexity index is 1330. The molecule has 1 N–H and O–H groups in total. The fourth-order valence-corrected chi connectivity index (χ4v) is 4.06. The highest BCUT2D eigenvalue weighted by molar-refractivity contribution is 6.31. The average Bonchev–Trinajstić information content (AvgIpc) is 3.26. The number of fused-ring (bicyclic) bond motifs is 1. The molecule has 0 saturated carbocycles. The van der Waals surface area contributed by atoms with Gasteiger partial charge < -0.3 is 10.1 Å². The number of benzene rings is 1. The maximum Gasteiger partial charge on any atom is 0.223 e. The molecular formula is C26H28ClN5O2. The Morgan fingerprint density at radius 2 is 2.09 bits per heavy atom. The second kappa shape index (κ2) is 10.2. The lowest BCUT2D eigenvalue weighted by Crippen LogP contribution is -2.28. The van der Waals surface area contributed by atoms with Gasteiger partial charge in [0.15, 0.2) is 0 Å². The number of carbonyl (C=O) groups is 1. The molecular weight excluding hydrogens is 450 g/mol. The second-order valence-corrected chi connectivity index (χ2v) is 8.79. The van der Waals surface area contributed by atoms with Crippen LogP contribution in [0.5, 0.6) is 5.75 Å². The molecule has 0 saturated heterocycles. The van der Waals surface area contributed by atoms with Gasteiger partial charge >= 0.3 is 0 Å². The van der Waals surface area contributed by atoms with E-state index < -0.39 is 0 Å². The van der Waals surface area contributed by atoms with Crippen LogP contribution in [0, 0.1) is 12.8 Å². The first-order chi connectivity index (χ1) is 16.4. The zero-order valence-electron chi connectivity index (χ0n) is 19.8. The minimum atomic E-state index is -0.0505. The largest absolute Gasteiger partial charge is 0.487 e. The first-order valence-corrected chi connectivity index (χ1v) is 11.7. The number of aryl methyl sites for hydroxylation is 2. The minimum absolute atomic E-state index is 0.00534. The maximum absolute atomic E-state index is 12.2. The van der Waals surface area contributed by atoms with Crippen molar-refractivity contribution in [2.45, 2.75) is 40.3 Å².